The Balaban J connectivity index is 1.64. The average Bonchev–Trinajstić information content (AvgIpc) is 3.16. The number of aromatic nitrogens is 1. The van der Waals surface area contributed by atoms with Crippen LogP contribution in [0.1, 0.15) is 10.4 Å². The molecule has 0 unspecified atom stereocenters. The van der Waals surface area contributed by atoms with Crippen molar-refractivity contribution in [2.45, 2.75) is 0 Å². The fourth-order valence-corrected chi connectivity index (χ4v) is 3.41. The standard InChI is InChI=1S/C20H10Cl2N4O6/c21-11-1-3-15(16(22)7-11)20-24-17-8-12(2-4-18(17)32-20)23-19(27)10-5-13(25(28)29)9-14(6-10)26(30)31/h1-9H,(H,23,27). The van der Waals surface area contributed by atoms with E-state index in [9.17, 15) is 25.0 Å². The van der Waals surface area contributed by atoms with E-state index in [1.165, 1.54) is 12.1 Å². The molecule has 1 N–H and O–H groups in total. The third-order valence-electron chi connectivity index (χ3n) is 4.39. The number of nitrogens with zero attached hydrogens (tertiary/aromatic N) is 3. The van der Waals surface area contributed by atoms with Crippen LogP contribution in [0.25, 0.3) is 22.6 Å². The van der Waals surface area contributed by atoms with Gasteiger partial charge in [0.2, 0.25) is 5.89 Å². The van der Waals surface area contributed by atoms with Crippen molar-refractivity contribution in [2.75, 3.05) is 5.32 Å². The summed E-state index contributed by atoms with van der Waals surface area (Å²) in [6.45, 7) is 0. The number of benzene rings is 3. The van der Waals surface area contributed by atoms with E-state index in [1.54, 1.807) is 24.3 Å². The van der Waals surface area contributed by atoms with Gasteiger partial charge in [-0.2, -0.15) is 0 Å². The van der Waals surface area contributed by atoms with E-state index in [0.29, 0.717) is 32.4 Å². The van der Waals surface area contributed by atoms with Gasteiger partial charge in [-0.1, -0.05) is 23.2 Å². The molecule has 0 aliphatic heterocycles. The van der Waals surface area contributed by atoms with Crippen LogP contribution < -0.4 is 5.32 Å². The highest BCUT2D eigenvalue weighted by Crippen LogP contribution is 2.32. The molecule has 1 aromatic heterocycles. The number of carbonyl (C=O) groups excluding carboxylic acids is 1. The van der Waals surface area contributed by atoms with Crippen LogP contribution in [0.4, 0.5) is 17.1 Å². The topological polar surface area (TPSA) is 141 Å². The van der Waals surface area contributed by atoms with Gasteiger partial charge in [0.1, 0.15) is 5.52 Å². The molecular formula is C20H10Cl2N4O6. The van der Waals surface area contributed by atoms with E-state index in [4.69, 9.17) is 27.6 Å². The number of amides is 1. The smallest absolute Gasteiger partial charge is 0.277 e. The first kappa shape index (κ1) is 21.2. The maximum atomic E-state index is 12.6. The molecule has 4 rings (SSSR count). The van der Waals surface area contributed by atoms with E-state index in [0.717, 1.165) is 18.2 Å². The SMILES string of the molecule is O=C(Nc1ccc2oc(-c3ccc(Cl)cc3Cl)nc2c1)c1cc([N+](=O)[O-])cc([N+](=O)[O-])c1. The minimum Gasteiger partial charge on any atom is -0.436 e. The third kappa shape index (κ3) is 4.22. The summed E-state index contributed by atoms with van der Waals surface area (Å²) in [7, 11) is 0. The lowest BCUT2D eigenvalue weighted by atomic mass is 10.1. The molecule has 32 heavy (non-hydrogen) atoms. The first-order valence-electron chi connectivity index (χ1n) is 8.82. The van der Waals surface area contributed by atoms with Crippen LogP contribution in [0.3, 0.4) is 0 Å². The molecule has 1 amide bonds. The van der Waals surface area contributed by atoms with Crippen LogP contribution in [-0.4, -0.2) is 20.7 Å². The lowest BCUT2D eigenvalue weighted by Gasteiger charge is -2.05. The number of nitro benzene ring substituents is 2. The zero-order chi connectivity index (χ0) is 23.0. The fourth-order valence-electron chi connectivity index (χ4n) is 2.92. The van der Waals surface area contributed by atoms with Crippen molar-refractivity contribution in [1.82, 2.24) is 4.98 Å². The minimum absolute atomic E-state index is 0.236. The Bertz CT molecular complexity index is 1390. The highest BCUT2D eigenvalue weighted by molar-refractivity contribution is 6.36. The van der Waals surface area contributed by atoms with Crippen molar-refractivity contribution in [1.29, 1.82) is 0 Å². The number of nitro groups is 2. The Morgan fingerprint density at radius 1 is 0.938 bits per heavy atom. The predicted octanol–water partition coefficient (Wildman–Crippen LogP) is 5.87. The number of halogens is 2. The number of carbonyl (C=O) groups is 1. The van der Waals surface area contributed by atoms with Gasteiger partial charge < -0.3 is 9.73 Å². The Morgan fingerprint density at radius 2 is 1.62 bits per heavy atom. The van der Waals surface area contributed by atoms with Crippen molar-refractivity contribution in [3.63, 3.8) is 0 Å². The maximum absolute atomic E-state index is 12.6. The van der Waals surface area contributed by atoms with Crippen LogP contribution in [-0.2, 0) is 0 Å². The zero-order valence-electron chi connectivity index (χ0n) is 15.7. The van der Waals surface area contributed by atoms with E-state index in [-0.39, 0.29) is 11.5 Å². The van der Waals surface area contributed by atoms with Crippen LogP contribution >= 0.6 is 23.2 Å². The molecule has 0 radical (unpaired) electrons. The van der Waals surface area contributed by atoms with Gasteiger partial charge >= 0.3 is 0 Å². The third-order valence-corrected chi connectivity index (χ3v) is 4.94. The van der Waals surface area contributed by atoms with Crippen molar-refractivity contribution in [2.24, 2.45) is 0 Å². The first-order valence-corrected chi connectivity index (χ1v) is 9.58. The van der Waals surface area contributed by atoms with Crippen molar-refractivity contribution in [3.05, 3.63) is 90.4 Å². The highest BCUT2D eigenvalue weighted by atomic mass is 35.5. The van der Waals surface area contributed by atoms with Crippen LogP contribution in [0.2, 0.25) is 10.0 Å². The van der Waals surface area contributed by atoms with E-state index < -0.39 is 27.1 Å². The summed E-state index contributed by atoms with van der Waals surface area (Å²) in [5.41, 5.74) is 0.297. The Hall–Kier alpha value is -4.02. The number of hydrogen-bond acceptors (Lipinski definition) is 7. The van der Waals surface area contributed by atoms with Crippen LogP contribution in [0, 0.1) is 20.2 Å². The molecular weight excluding hydrogens is 463 g/mol. The second-order valence-electron chi connectivity index (χ2n) is 6.53. The summed E-state index contributed by atoms with van der Waals surface area (Å²) in [6.07, 6.45) is 0. The summed E-state index contributed by atoms with van der Waals surface area (Å²) < 4.78 is 5.70. The number of nitrogens with one attached hydrogen (secondary N) is 1. The largest absolute Gasteiger partial charge is 0.436 e. The molecule has 0 saturated heterocycles. The molecule has 10 nitrogen and oxygen atoms in total. The summed E-state index contributed by atoms with van der Waals surface area (Å²) >= 11 is 12.1. The number of non-ortho nitro benzene ring substituents is 2. The molecule has 3 aromatic carbocycles. The molecule has 12 heteroatoms. The van der Waals surface area contributed by atoms with E-state index in [1.807, 2.05) is 0 Å². The zero-order valence-corrected chi connectivity index (χ0v) is 17.3. The fraction of sp³-hybridized carbons (Fsp3) is 0. The lowest BCUT2D eigenvalue weighted by Crippen LogP contribution is -2.12. The van der Waals surface area contributed by atoms with Gasteiger partial charge in [0.25, 0.3) is 17.3 Å². The molecule has 0 spiro atoms. The highest BCUT2D eigenvalue weighted by Gasteiger charge is 2.20. The summed E-state index contributed by atoms with van der Waals surface area (Å²) in [4.78, 5) is 37.4. The molecule has 0 saturated carbocycles. The van der Waals surface area contributed by atoms with Gasteiger partial charge in [-0.3, -0.25) is 25.0 Å². The van der Waals surface area contributed by atoms with Crippen LogP contribution in [0.5, 0.6) is 0 Å². The molecule has 0 aliphatic carbocycles. The predicted molar refractivity (Wildman–Crippen MR) is 117 cm³/mol. The normalized spacial score (nSPS) is 10.8. The molecule has 0 fully saturated rings. The van der Waals surface area contributed by atoms with Crippen molar-refractivity contribution in [3.8, 4) is 11.5 Å². The quantitative estimate of drug-likeness (QED) is 0.282. The summed E-state index contributed by atoms with van der Waals surface area (Å²) in [5.74, 6) is -0.514. The maximum Gasteiger partial charge on any atom is 0.277 e. The second kappa shape index (κ2) is 8.25. The first-order chi connectivity index (χ1) is 15.2. The number of fused-ring (bicyclic) bond motifs is 1. The number of anilines is 1. The molecule has 4 aromatic rings. The Morgan fingerprint density at radius 3 is 2.25 bits per heavy atom. The number of rotatable bonds is 5. The lowest BCUT2D eigenvalue weighted by molar-refractivity contribution is -0.394. The molecule has 0 bridgehead atoms. The van der Waals surface area contributed by atoms with E-state index in [2.05, 4.69) is 10.3 Å². The van der Waals surface area contributed by atoms with E-state index >= 15 is 0 Å². The molecule has 160 valence electrons. The van der Waals surface area contributed by atoms with Gasteiger partial charge in [-0.15, -0.1) is 0 Å². The molecule has 0 atom stereocenters. The molecule has 1 heterocycles. The number of hydrogen-bond donors (Lipinski definition) is 1. The molecule has 0 aliphatic rings. The monoisotopic (exact) mass is 472 g/mol. The summed E-state index contributed by atoms with van der Waals surface area (Å²) in [6, 6.07) is 12.2. The second-order valence-corrected chi connectivity index (χ2v) is 7.38. The average molecular weight is 473 g/mol. The Kier molecular flexibility index (Phi) is 5.47. The van der Waals surface area contributed by atoms with Crippen molar-refractivity contribution < 1.29 is 19.1 Å². The van der Waals surface area contributed by atoms with Crippen LogP contribution in [0.15, 0.2) is 59.0 Å². The van der Waals surface area contributed by atoms with Gasteiger partial charge in [0.05, 0.1) is 32.1 Å². The van der Waals surface area contributed by atoms with Gasteiger partial charge in [-0.25, -0.2) is 4.98 Å². The van der Waals surface area contributed by atoms with Gasteiger partial charge in [-0.05, 0) is 36.4 Å². The van der Waals surface area contributed by atoms with Crippen molar-refractivity contribution >= 4 is 57.3 Å². The summed E-state index contributed by atoms with van der Waals surface area (Å²) in [5, 5.41) is 25.4. The minimum atomic E-state index is -0.811. The van der Waals surface area contributed by atoms with Gasteiger partial charge in [0.15, 0.2) is 5.58 Å². The van der Waals surface area contributed by atoms with Gasteiger partial charge in [0, 0.05) is 22.8 Å². The Labute approximate surface area is 188 Å². The number of oxazole rings is 1.